The lowest BCUT2D eigenvalue weighted by molar-refractivity contribution is -0.123. The van der Waals surface area contributed by atoms with Gasteiger partial charge in [0.05, 0.1) is 9.92 Å². The number of nitrogens with one attached hydrogen (secondary N) is 2. The summed E-state index contributed by atoms with van der Waals surface area (Å²) in [7, 11) is -3.63. The van der Waals surface area contributed by atoms with Gasteiger partial charge in [-0.1, -0.05) is 47.8 Å². The molecule has 0 heterocycles. The molecule has 152 valence electrons. The minimum atomic E-state index is -3.63. The topological polar surface area (TPSA) is 84.5 Å². The van der Waals surface area contributed by atoms with Crippen molar-refractivity contribution in [3.8, 4) is 5.75 Å². The third-order valence-corrected chi connectivity index (χ3v) is 5.95. The van der Waals surface area contributed by atoms with Crippen LogP contribution in [0.3, 0.4) is 0 Å². The first-order valence-corrected chi connectivity index (χ1v) is 11.0. The van der Waals surface area contributed by atoms with Crippen molar-refractivity contribution in [2.75, 3.05) is 13.2 Å². The number of hydrogen-bond acceptors (Lipinski definition) is 4. The molecule has 0 radical (unpaired) electrons. The van der Waals surface area contributed by atoms with E-state index in [0.29, 0.717) is 28.6 Å². The zero-order chi connectivity index (χ0) is 20.7. The van der Waals surface area contributed by atoms with Crippen LogP contribution in [-0.2, 0) is 21.4 Å². The van der Waals surface area contributed by atoms with Gasteiger partial charge in [0.2, 0.25) is 10.0 Å². The summed E-state index contributed by atoms with van der Waals surface area (Å²) in [6, 6.07) is 9.04. The SMILES string of the molecule is CCCNS(=O)(=O)c1ccc(OCC(=O)NCc2ccc(Cl)cc2Cl)c(Cl)c1. The van der Waals surface area contributed by atoms with Crippen molar-refractivity contribution in [3.63, 3.8) is 0 Å². The third-order valence-electron chi connectivity index (χ3n) is 3.61. The highest BCUT2D eigenvalue weighted by Crippen LogP contribution is 2.27. The summed E-state index contributed by atoms with van der Waals surface area (Å²) in [5.41, 5.74) is 0.714. The van der Waals surface area contributed by atoms with Crippen molar-refractivity contribution in [1.82, 2.24) is 10.0 Å². The average molecular weight is 466 g/mol. The van der Waals surface area contributed by atoms with Gasteiger partial charge in [-0.3, -0.25) is 4.79 Å². The molecular weight excluding hydrogens is 447 g/mol. The van der Waals surface area contributed by atoms with Crippen molar-refractivity contribution >= 4 is 50.7 Å². The second kappa shape index (κ2) is 10.3. The van der Waals surface area contributed by atoms with E-state index in [4.69, 9.17) is 39.5 Å². The van der Waals surface area contributed by atoms with E-state index in [0.717, 1.165) is 0 Å². The molecule has 10 heteroatoms. The number of hydrogen-bond donors (Lipinski definition) is 2. The Morgan fingerprint density at radius 2 is 1.82 bits per heavy atom. The van der Waals surface area contributed by atoms with Crippen LogP contribution >= 0.6 is 34.8 Å². The molecule has 0 aliphatic heterocycles. The molecule has 2 rings (SSSR count). The zero-order valence-corrected chi connectivity index (χ0v) is 18.1. The Hall–Kier alpha value is -1.51. The fourth-order valence-corrected chi connectivity index (χ4v) is 4.07. The molecule has 0 fully saturated rings. The van der Waals surface area contributed by atoms with Crippen LogP contribution in [0.25, 0.3) is 0 Å². The highest BCUT2D eigenvalue weighted by Gasteiger charge is 2.16. The maximum atomic E-state index is 12.1. The summed E-state index contributed by atoms with van der Waals surface area (Å²) in [6.45, 7) is 2.12. The van der Waals surface area contributed by atoms with Crippen LogP contribution in [0.4, 0.5) is 0 Å². The molecule has 28 heavy (non-hydrogen) atoms. The predicted octanol–water partition coefficient (Wildman–Crippen LogP) is 4.03. The number of carbonyl (C=O) groups excluding carboxylic acids is 1. The van der Waals surface area contributed by atoms with Crippen LogP contribution in [-0.4, -0.2) is 27.5 Å². The first kappa shape index (κ1) is 22.8. The molecule has 0 saturated carbocycles. The maximum Gasteiger partial charge on any atom is 0.258 e. The minimum Gasteiger partial charge on any atom is -0.482 e. The fraction of sp³-hybridized carbons (Fsp3) is 0.278. The number of rotatable bonds is 9. The van der Waals surface area contributed by atoms with Gasteiger partial charge in [0.1, 0.15) is 5.75 Å². The lowest BCUT2D eigenvalue weighted by atomic mass is 10.2. The van der Waals surface area contributed by atoms with E-state index in [2.05, 4.69) is 10.0 Å². The van der Waals surface area contributed by atoms with Crippen LogP contribution in [0, 0.1) is 0 Å². The molecule has 0 aromatic heterocycles. The van der Waals surface area contributed by atoms with Gasteiger partial charge in [-0.2, -0.15) is 0 Å². The van der Waals surface area contributed by atoms with Crippen LogP contribution in [0.15, 0.2) is 41.3 Å². The Labute approximate surface area is 179 Å². The van der Waals surface area contributed by atoms with Gasteiger partial charge in [-0.05, 0) is 42.3 Å². The van der Waals surface area contributed by atoms with Gasteiger partial charge in [-0.15, -0.1) is 0 Å². The molecule has 0 aliphatic carbocycles. The molecule has 0 bridgehead atoms. The summed E-state index contributed by atoms with van der Waals surface area (Å²) >= 11 is 18.0. The highest BCUT2D eigenvalue weighted by molar-refractivity contribution is 7.89. The minimum absolute atomic E-state index is 0.0279. The number of sulfonamides is 1. The molecule has 6 nitrogen and oxygen atoms in total. The Kier molecular flexibility index (Phi) is 8.39. The molecule has 0 saturated heterocycles. The number of carbonyl (C=O) groups is 1. The molecule has 0 atom stereocenters. The van der Waals surface area contributed by atoms with Gasteiger partial charge in [-0.25, -0.2) is 13.1 Å². The number of amides is 1. The average Bonchev–Trinajstić information content (AvgIpc) is 2.64. The van der Waals surface area contributed by atoms with E-state index in [1.807, 2.05) is 6.92 Å². The van der Waals surface area contributed by atoms with Crippen LogP contribution < -0.4 is 14.8 Å². The first-order valence-electron chi connectivity index (χ1n) is 8.35. The molecular formula is C18H19Cl3N2O4S. The lowest BCUT2D eigenvalue weighted by Crippen LogP contribution is -2.28. The van der Waals surface area contributed by atoms with E-state index < -0.39 is 10.0 Å². The Bertz CT molecular complexity index is 952. The van der Waals surface area contributed by atoms with Crippen molar-refractivity contribution in [2.45, 2.75) is 24.8 Å². The summed E-state index contributed by atoms with van der Waals surface area (Å²) in [4.78, 5) is 12.0. The van der Waals surface area contributed by atoms with E-state index in [-0.39, 0.29) is 34.7 Å². The second-order valence-corrected chi connectivity index (χ2v) is 8.81. The van der Waals surface area contributed by atoms with Gasteiger partial charge in [0.25, 0.3) is 5.91 Å². The molecule has 0 aliphatic rings. The molecule has 2 aromatic carbocycles. The smallest absolute Gasteiger partial charge is 0.258 e. The largest absolute Gasteiger partial charge is 0.482 e. The predicted molar refractivity (Wildman–Crippen MR) is 111 cm³/mol. The Morgan fingerprint density at radius 1 is 1.07 bits per heavy atom. The fourth-order valence-electron chi connectivity index (χ4n) is 2.14. The van der Waals surface area contributed by atoms with E-state index >= 15 is 0 Å². The van der Waals surface area contributed by atoms with Gasteiger partial charge < -0.3 is 10.1 Å². The number of benzene rings is 2. The van der Waals surface area contributed by atoms with Crippen molar-refractivity contribution in [3.05, 3.63) is 57.0 Å². The maximum absolute atomic E-state index is 12.1. The van der Waals surface area contributed by atoms with Crippen molar-refractivity contribution in [2.24, 2.45) is 0 Å². The number of halogens is 3. The Balaban J connectivity index is 1.92. The molecule has 2 N–H and O–H groups in total. The summed E-state index contributed by atoms with van der Waals surface area (Å²) in [6.07, 6.45) is 0.671. The van der Waals surface area contributed by atoms with Crippen molar-refractivity contribution < 1.29 is 17.9 Å². The highest BCUT2D eigenvalue weighted by atomic mass is 35.5. The van der Waals surface area contributed by atoms with Crippen LogP contribution in [0.5, 0.6) is 5.75 Å². The zero-order valence-electron chi connectivity index (χ0n) is 15.0. The Morgan fingerprint density at radius 3 is 2.46 bits per heavy atom. The molecule has 2 aromatic rings. The summed E-state index contributed by atoms with van der Waals surface area (Å²) in [5, 5.41) is 3.72. The normalized spacial score (nSPS) is 11.3. The summed E-state index contributed by atoms with van der Waals surface area (Å²) in [5.74, 6) is -0.181. The summed E-state index contributed by atoms with van der Waals surface area (Å²) < 4.78 is 32.0. The third kappa shape index (κ3) is 6.53. The standard InChI is InChI=1S/C18H19Cl3N2O4S/c1-2-7-23-28(25,26)14-5-6-17(16(21)9-14)27-11-18(24)22-10-12-3-4-13(19)8-15(12)20/h3-6,8-9,23H,2,7,10-11H2,1H3,(H,22,24). The van der Waals surface area contributed by atoms with Crippen molar-refractivity contribution in [1.29, 1.82) is 0 Å². The number of ether oxygens (including phenoxy) is 1. The van der Waals surface area contributed by atoms with E-state index in [9.17, 15) is 13.2 Å². The quantitative estimate of drug-likeness (QED) is 0.585. The molecule has 0 spiro atoms. The van der Waals surface area contributed by atoms with Gasteiger partial charge in [0.15, 0.2) is 6.61 Å². The van der Waals surface area contributed by atoms with Gasteiger partial charge >= 0.3 is 0 Å². The van der Waals surface area contributed by atoms with E-state index in [1.165, 1.54) is 18.2 Å². The van der Waals surface area contributed by atoms with Gasteiger partial charge in [0, 0.05) is 23.1 Å². The first-order chi connectivity index (χ1) is 13.2. The van der Waals surface area contributed by atoms with Crippen LogP contribution in [0.2, 0.25) is 15.1 Å². The lowest BCUT2D eigenvalue weighted by Gasteiger charge is -2.11. The second-order valence-electron chi connectivity index (χ2n) is 5.79. The van der Waals surface area contributed by atoms with Crippen LogP contribution in [0.1, 0.15) is 18.9 Å². The monoisotopic (exact) mass is 464 g/mol. The molecule has 1 amide bonds. The molecule has 0 unspecified atom stereocenters. The van der Waals surface area contributed by atoms with E-state index in [1.54, 1.807) is 18.2 Å².